The summed E-state index contributed by atoms with van der Waals surface area (Å²) >= 11 is 0. The Bertz CT molecular complexity index is 959. The molecule has 0 radical (unpaired) electrons. The quantitative estimate of drug-likeness (QED) is 0.728. The maximum atomic E-state index is 14.3. The maximum absolute atomic E-state index is 14.3. The van der Waals surface area contributed by atoms with Gasteiger partial charge in [-0.2, -0.15) is 4.68 Å². The van der Waals surface area contributed by atoms with Gasteiger partial charge < -0.3 is 9.30 Å². The summed E-state index contributed by atoms with van der Waals surface area (Å²) < 4.78 is 31.1. The zero-order chi connectivity index (χ0) is 17.4. The van der Waals surface area contributed by atoms with Crippen molar-refractivity contribution < 1.29 is 10.5 Å². The number of aromatic nitrogens is 5. The van der Waals surface area contributed by atoms with Crippen molar-refractivity contribution in [2.45, 2.75) is 13.5 Å². The first-order chi connectivity index (χ1) is 11.4. The number of aryl methyl sites for hydroxylation is 3. The van der Waals surface area contributed by atoms with E-state index in [1.54, 1.807) is 25.2 Å². The molecule has 0 unspecified atom stereocenters. The van der Waals surface area contributed by atoms with Gasteiger partial charge >= 0.3 is 5.69 Å². The summed E-state index contributed by atoms with van der Waals surface area (Å²) in [6.45, 7) is 1.73. The molecule has 0 bridgehead atoms. The Kier molecular flexibility index (Phi) is 3.41. The number of hydrogen-bond donors (Lipinski definition) is 0. The van der Waals surface area contributed by atoms with Crippen molar-refractivity contribution in [3.63, 3.8) is 0 Å². The second-order valence-electron chi connectivity index (χ2n) is 5.17. The molecule has 0 amide bonds. The fourth-order valence-corrected chi connectivity index (χ4v) is 2.30. The van der Waals surface area contributed by atoms with Gasteiger partial charge in [-0.3, -0.25) is 0 Å². The Balaban J connectivity index is 1.97. The van der Waals surface area contributed by atoms with Gasteiger partial charge in [0.25, 0.3) is 0 Å². The van der Waals surface area contributed by atoms with Crippen LogP contribution in [0.1, 0.15) is 12.5 Å². The van der Waals surface area contributed by atoms with Gasteiger partial charge in [-0.25, -0.2) is 9.18 Å². The molecule has 0 fully saturated rings. The lowest BCUT2D eigenvalue weighted by Crippen LogP contribution is -2.24. The molecule has 0 aliphatic carbocycles. The van der Waals surface area contributed by atoms with Crippen LogP contribution in [0.2, 0.25) is 0 Å². The van der Waals surface area contributed by atoms with E-state index in [0.29, 0.717) is 11.8 Å². The Hall–Kier alpha value is -2.90. The number of nitrogens with zero attached hydrogens (tertiary/aromatic N) is 5. The van der Waals surface area contributed by atoms with Crippen LogP contribution < -0.4 is 10.4 Å². The van der Waals surface area contributed by atoms with E-state index in [2.05, 4.69) is 10.4 Å². The first kappa shape index (κ1) is 13.7. The second kappa shape index (κ2) is 5.71. The zero-order valence-corrected chi connectivity index (χ0v) is 12.9. The highest BCUT2D eigenvalue weighted by atomic mass is 19.1. The van der Waals surface area contributed by atoms with Crippen LogP contribution in [-0.4, -0.2) is 24.4 Å². The highest BCUT2D eigenvalue weighted by molar-refractivity contribution is 5.37. The SMILES string of the molecule is [3H]c1ccc(OCc2c(F)cn(C)c2-n2nnn(C)c2=O)c(C)c1. The second-order valence-corrected chi connectivity index (χ2v) is 5.17. The third-order valence-electron chi connectivity index (χ3n) is 3.51. The van der Waals surface area contributed by atoms with Gasteiger partial charge in [0.2, 0.25) is 0 Å². The monoisotopic (exact) mass is 319 g/mol. The first-order valence-electron chi connectivity index (χ1n) is 7.41. The summed E-state index contributed by atoms with van der Waals surface area (Å²) in [6.07, 6.45) is 1.26. The largest absolute Gasteiger partial charge is 0.488 e. The highest BCUT2D eigenvalue weighted by Gasteiger charge is 2.20. The van der Waals surface area contributed by atoms with E-state index in [9.17, 15) is 9.18 Å². The average molecular weight is 319 g/mol. The molecule has 2 aromatic heterocycles. The molecule has 8 heteroatoms. The van der Waals surface area contributed by atoms with Crippen LogP contribution in [0.5, 0.6) is 5.75 Å². The molecule has 0 aliphatic heterocycles. The van der Waals surface area contributed by atoms with E-state index >= 15 is 0 Å². The minimum atomic E-state index is -0.500. The molecule has 3 rings (SSSR count). The van der Waals surface area contributed by atoms with Crippen LogP contribution in [0.3, 0.4) is 0 Å². The van der Waals surface area contributed by atoms with E-state index in [-0.39, 0.29) is 18.0 Å². The Morgan fingerprint density at radius 3 is 2.78 bits per heavy atom. The van der Waals surface area contributed by atoms with Crippen LogP contribution in [-0.2, 0) is 20.7 Å². The topological polar surface area (TPSA) is 66.9 Å². The molecule has 2 heterocycles. The van der Waals surface area contributed by atoms with Crippen molar-refractivity contribution in [1.29, 1.82) is 0 Å². The smallest absolute Gasteiger partial charge is 0.369 e. The number of benzene rings is 1. The Morgan fingerprint density at radius 2 is 2.13 bits per heavy atom. The minimum absolute atomic E-state index is 0.0802. The van der Waals surface area contributed by atoms with E-state index in [1.165, 1.54) is 17.8 Å². The van der Waals surface area contributed by atoms with Crippen molar-refractivity contribution in [2.24, 2.45) is 14.1 Å². The van der Waals surface area contributed by atoms with E-state index < -0.39 is 11.5 Å². The summed E-state index contributed by atoms with van der Waals surface area (Å²) in [4.78, 5) is 12.1. The molecule has 120 valence electrons. The van der Waals surface area contributed by atoms with Gasteiger partial charge in [0, 0.05) is 20.3 Å². The van der Waals surface area contributed by atoms with Crippen molar-refractivity contribution in [2.75, 3.05) is 0 Å². The van der Waals surface area contributed by atoms with Crippen LogP contribution in [0.4, 0.5) is 4.39 Å². The van der Waals surface area contributed by atoms with Crippen molar-refractivity contribution in [1.82, 2.24) is 24.4 Å². The van der Waals surface area contributed by atoms with E-state index in [4.69, 9.17) is 6.11 Å². The number of para-hydroxylation sites is 1. The predicted octanol–water partition coefficient (Wildman–Crippen LogP) is 1.33. The zero-order valence-electron chi connectivity index (χ0n) is 13.9. The van der Waals surface area contributed by atoms with Crippen molar-refractivity contribution in [3.05, 3.63) is 57.9 Å². The van der Waals surface area contributed by atoms with Crippen LogP contribution in [0.15, 0.2) is 35.2 Å². The van der Waals surface area contributed by atoms with Crippen molar-refractivity contribution in [3.8, 4) is 11.6 Å². The van der Waals surface area contributed by atoms with Gasteiger partial charge in [0.1, 0.15) is 18.2 Å². The van der Waals surface area contributed by atoms with Crippen LogP contribution in [0, 0.1) is 12.7 Å². The maximum Gasteiger partial charge on any atom is 0.369 e. The standard InChI is InChI=1S/C15H16FN5O2/c1-10-6-4-5-7-13(10)23-9-11-12(16)8-19(2)14(11)21-15(22)20(3)17-18-21/h4-8H,9H2,1-3H3/i4T. The van der Waals surface area contributed by atoms with Crippen molar-refractivity contribution >= 4 is 0 Å². The molecule has 0 aliphatic rings. The minimum Gasteiger partial charge on any atom is -0.488 e. The summed E-state index contributed by atoms with van der Waals surface area (Å²) in [5, 5.41) is 7.40. The lowest BCUT2D eigenvalue weighted by Gasteiger charge is -2.10. The molecule has 0 atom stereocenters. The summed E-state index contributed by atoms with van der Waals surface area (Å²) in [7, 11) is 3.08. The van der Waals surface area contributed by atoms with Gasteiger partial charge in [-0.1, -0.05) is 18.2 Å². The Morgan fingerprint density at radius 1 is 1.35 bits per heavy atom. The summed E-state index contributed by atoms with van der Waals surface area (Å²) in [5.74, 6) is 0.312. The third-order valence-corrected chi connectivity index (χ3v) is 3.51. The molecule has 23 heavy (non-hydrogen) atoms. The average Bonchev–Trinajstić information content (AvgIpc) is 2.98. The number of rotatable bonds is 4. The Labute approximate surface area is 132 Å². The molecule has 0 spiro atoms. The number of tetrazole rings is 1. The van der Waals surface area contributed by atoms with Gasteiger partial charge in [0.05, 0.1) is 6.93 Å². The number of halogens is 1. The molecule has 0 saturated heterocycles. The fourth-order valence-electron chi connectivity index (χ4n) is 2.30. The van der Waals surface area contributed by atoms with Gasteiger partial charge in [-0.05, 0) is 29.0 Å². The van der Waals surface area contributed by atoms with Gasteiger partial charge in [-0.15, -0.1) is 4.68 Å². The van der Waals surface area contributed by atoms with Crippen LogP contribution in [0.25, 0.3) is 5.82 Å². The molecule has 7 nitrogen and oxygen atoms in total. The lowest BCUT2D eigenvalue weighted by atomic mass is 10.2. The predicted molar refractivity (Wildman–Crippen MR) is 81.0 cm³/mol. The van der Waals surface area contributed by atoms with Gasteiger partial charge in [0.15, 0.2) is 5.82 Å². The summed E-state index contributed by atoms with van der Waals surface area (Å²) in [5.41, 5.74) is 0.499. The van der Waals surface area contributed by atoms with E-state index in [1.807, 2.05) is 6.92 Å². The molecule has 1 aromatic carbocycles. The fraction of sp³-hybridized carbons (Fsp3) is 0.267. The number of hydrogen-bond acceptors (Lipinski definition) is 4. The van der Waals surface area contributed by atoms with E-state index in [0.717, 1.165) is 14.9 Å². The molecular weight excluding hydrogens is 301 g/mol. The number of ether oxygens (including phenoxy) is 1. The molecular formula is C15H16FN5O2. The normalized spacial score (nSPS) is 11.6. The van der Waals surface area contributed by atoms with Crippen LogP contribution >= 0.6 is 0 Å². The molecule has 3 aromatic rings. The summed E-state index contributed by atoms with van der Waals surface area (Å²) in [6, 6.07) is 5.28. The lowest BCUT2D eigenvalue weighted by molar-refractivity contribution is 0.297. The third kappa shape index (κ3) is 2.63. The highest BCUT2D eigenvalue weighted by Crippen LogP contribution is 2.22. The molecule has 0 saturated carbocycles. The first-order valence-corrected chi connectivity index (χ1v) is 6.91. The molecule has 0 N–H and O–H groups in total.